The van der Waals surface area contributed by atoms with Crippen LogP contribution in [-0.2, 0) is 23.8 Å². The van der Waals surface area contributed by atoms with Gasteiger partial charge in [-0.25, -0.2) is 4.79 Å². The number of nitrogens with zero attached hydrogens (tertiary/aromatic N) is 1. The molecule has 0 aromatic heterocycles. The van der Waals surface area contributed by atoms with E-state index < -0.39 is 6.16 Å². The number of carbonyl (C=O) groups is 3. The lowest BCUT2D eigenvalue weighted by atomic mass is 10.1. The van der Waals surface area contributed by atoms with Gasteiger partial charge >= 0.3 is 12.1 Å². The number of likely N-dealkylation sites (tertiary alicyclic amines) is 1. The number of hydrogen-bond acceptors (Lipinski definition) is 6. The number of esters is 1. The van der Waals surface area contributed by atoms with Gasteiger partial charge in [0.2, 0.25) is 5.91 Å². The SMILES string of the molecule is CCCCC(C)C(=O)OCCOC(=O)OCCN1CCCC1=O. The molecule has 1 heterocycles. The Hall–Kier alpha value is -1.79. The maximum atomic E-state index is 11.6. The maximum Gasteiger partial charge on any atom is 0.508 e. The molecule has 0 bridgehead atoms. The van der Waals surface area contributed by atoms with Gasteiger partial charge in [0.1, 0.15) is 19.8 Å². The van der Waals surface area contributed by atoms with E-state index in [-0.39, 0.29) is 37.6 Å². The monoisotopic (exact) mass is 329 g/mol. The summed E-state index contributed by atoms with van der Waals surface area (Å²) in [7, 11) is 0. The van der Waals surface area contributed by atoms with Gasteiger partial charge in [0.05, 0.1) is 12.5 Å². The molecule has 1 unspecified atom stereocenters. The van der Waals surface area contributed by atoms with Crippen molar-refractivity contribution >= 4 is 18.0 Å². The van der Waals surface area contributed by atoms with Gasteiger partial charge in [-0.05, 0) is 12.8 Å². The lowest BCUT2D eigenvalue weighted by Gasteiger charge is -2.15. The van der Waals surface area contributed by atoms with Gasteiger partial charge in [0.15, 0.2) is 0 Å². The summed E-state index contributed by atoms with van der Waals surface area (Å²) in [4.78, 5) is 36.0. The lowest BCUT2D eigenvalue weighted by molar-refractivity contribution is -0.149. The quantitative estimate of drug-likeness (QED) is 0.451. The molecule has 1 aliphatic heterocycles. The number of carbonyl (C=O) groups excluding carboxylic acids is 3. The van der Waals surface area contributed by atoms with Gasteiger partial charge in [0, 0.05) is 13.0 Å². The van der Waals surface area contributed by atoms with Crippen molar-refractivity contribution < 1.29 is 28.6 Å². The zero-order chi connectivity index (χ0) is 17.1. The number of ether oxygens (including phenoxy) is 3. The third-order valence-electron chi connectivity index (χ3n) is 3.69. The number of rotatable bonds is 10. The van der Waals surface area contributed by atoms with Gasteiger partial charge in [-0.1, -0.05) is 26.7 Å². The molecule has 1 atom stereocenters. The molecule has 0 aromatic carbocycles. The summed E-state index contributed by atoms with van der Waals surface area (Å²) in [6.07, 6.45) is 3.42. The number of amides is 1. The van der Waals surface area contributed by atoms with Crippen LogP contribution in [0.4, 0.5) is 4.79 Å². The van der Waals surface area contributed by atoms with Gasteiger partial charge in [-0.15, -0.1) is 0 Å². The smallest absolute Gasteiger partial charge is 0.462 e. The zero-order valence-electron chi connectivity index (χ0n) is 14.0. The van der Waals surface area contributed by atoms with E-state index in [1.54, 1.807) is 4.90 Å². The van der Waals surface area contributed by atoms with Gasteiger partial charge in [-0.3, -0.25) is 9.59 Å². The van der Waals surface area contributed by atoms with E-state index in [9.17, 15) is 14.4 Å². The summed E-state index contributed by atoms with van der Waals surface area (Å²) >= 11 is 0. The third kappa shape index (κ3) is 7.85. The van der Waals surface area contributed by atoms with Crippen LogP contribution >= 0.6 is 0 Å². The minimum absolute atomic E-state index is 0.0228. The first-order chi connectivity index (χ1) is 11.0. The number of unbranched alkanes of at least 4 members (excludes halogenated alkanes) is 1. The van der Waals surface area contributed by atoms with Crippen molar-refractivity contribution in [2.24, 2.45) is 5.92 Å². The highest BCUT2D eigenvalue weighted by molar-refractivity contribution is 5.78. The Bertz CT molecular complexity index is 398. The molecular formula is C16H27NO6. The molecule has 1 amide bonds. The molecule has 7 heteroatoms. The summed E-state index contributed by atoms with van der Waals surface area (Å²) in [5, 5.41) is 0. The van der Waals surface area contributed by atoms with Crippen molar-refractivity contribution in [3.63, 3.8) is 0 Å². The van der Waals surface area contributed by atoms with Crippen LogP contribution < -0.4 is 0 Å². The molecule has 0 spiro atoms. The van der Waals surface area contributed by atoms with Gasteiger partial charge in [0.25, 0.3) is 0 Å². The Morgan fingerprint density at radius 2 is 1.87 bits per heavy atom. The first-order valence-electron chi connectivity index (χ1n) is 8.28. The molecule has 1 saturated heterocycles. The molecule has 1 aliphatic rings. The highest BCUT2D eigenvalue weighted by Crippen LogP contribution is 2.09. The fraction of sp³-hybridized carbons (Fsp3) is 0.812. The summed E-state index contributed by atoms with van der Waals surface area (Å²) < 4.78 is 14.7. The highest BCUT2D eigenvalue weighted by atomic mass is 16.7. The van der Waals surface area contributed by atoms with Crippen molar-refractivity contribution in [2.45, 2.75) is 46.0 Å². The fourth-order valence-electron chi connectivity index (χ4n) is 2.26. The average Bonchev–Trinajstić information content (AvgIpc) is 2.94. The minimum Gasteiger partial charge on any atom is -0.462 e. The van der Waals surface area contributed by atoms with Crippen molar-refractivity contribution in [1.82, 2.24) is 4.90 Å². The first kappa shape index (κ1) is 19.3. The van der Waals surface area contributed by atoms with Crippen LogP contribution in [0.15, 0.2) is 0 Å². The van der Waals surface area contributed by atoms with Crippen molar-refractivity contribution in [1.29, 1.82) is 0 Å². The summed E-state index contributed by atoms with van der Waals surface area (Å²) in [5.41, 5.74) is 0. The molecule has 0 saturated carbocycles. The van der Waals surface area contributed by atoms with Crippen molar-refractivity contribution in [3.05, 3.63) is 0 Å². The Morgan fingerprint density at radius 1 is 1.17 bits per heavy atom. The Balaban J connectivity index is 2.01. The van der Waals surface area contributed by atoms with Crippen LogP contribution in [0.5, 0.6) is 0 Å². The summed E-state index contributed by atoms with van der Waals surface area (Å²) in [6.45, 7) is 5.09. The second-order valence-corrected chi connectivity index (χ2v) is 5.64. The fourth-order valence-corrected chi connectivity index (χ4v) is 2.26. The van der Waals surface area contributed by atoms with Crippen LogP contribution in [-0.4, -0.2) is 55.8 Å². The Kier molecular flexibility index (Phi) is 9.09. The second-order valence-electron chi connectivity index (χ2n) is 5.64. The average molecular weight is 329 g/mol. The molecule has 1 rings (SSSR count). The highest BCUT2D eigenvalue weighted by Gasteiger charge is 2.20. The van der Waals surface area contributed by atoms with Crippen LogP contribution in [0, 0.1) is 5.92 Å². The van der Waals surface area contributed by atoms with Crippen LogP contribution in [0.2, 0.25) is 0 Å². The normalized spacial score (nSPS) is 15.4. The van der Waals surface area contributed by atoms with E-state index in [1.807, 2.05) is 6.92 Å². The zero-order valence-corrected chi connectivity index (χ0v) is 14.0. The van der Waals surface area contributed by atoms with E-state index in [2.05, 4.69) is 6.92 Å². The molecule has 0 aliphatic carbocycles. The molecule has 0 N–H and O–H groups in total. The predicted molar refractivity (Wildman–Crippen MR) is 82.8 cm³/mol. The molecule has 7 nitrogen and oxygen atoms in total. The molecule has 0 aromatic rings. The van der Waals surface area contributed by atoms with Crippen LogP contribution in [0.1, 0.15) is 46.0 Å². The molecule has 0 radical (unpaired) electrons. The van der Waals surface area contributed by atoms with Crippen LogP contribution in [0.25, 0.3) is 0 Å². The largest absolute Gasteiger partial charge is 0.508 e. The van der Waals surface area contributed by atoms with E-state index >= 15 is 0 Å². The third-order valence-corrected chi connectivity index (χ3v) is 3.69. The van der Waals surface area contributed by atoms with Crippen molar-refractivity contribution in [2.75, 3.05) is 32.9 Å². The molecular weight excluding hydrogens is 302 g/mol. The van der Waals surface area contributed by atoms with E-state index in [0.29, 0.717) is 19.5 Å². The molecule has 23 heavy (non-hydrogen) atoms. The van der Waals surface area contributed by atoms with Crippen LogP contribution in [0.3, 0.4) is 0 Å². The molecule has 1 fully saturated rings. The molecule has 132 valence electrons. The summed E-state index contributed by atoms with van der Waals surface area (Å²) in [6, 6.07) is 0. The predicted octanol–water partition coefficient (Wildman–Crippen LogP) is 2.13. The summed E-state index contributed by atoms with van der Waals surface area (Å²) in [5.74, 6) is -0.325. The van der Waals surface area contributed by atoms with E-state index in [1.165, 1.54) is 0 Å². The Morgan fingerprint density at radius 3 is 2.52 bits per heavy atom. The van der Waals surface area contributed by atoms with Gasteiger partial charge in [-0.2, -0.15) is 0 Å². The number of hydrogen-bond donors (Lipinski definition) is 0. The van der Waals surface area contributed by atoms with Gasteiger partial charge < -0.3 is 19.1 Å². The minimum atomic E-state index is -0.813. The standard InChI is InChI=1S/C16H27NO6/c1-3-4-6-13(2)15(19)21-11-12-23-16(20)22-10-9-17-8-5-7-14(17)18/h13H,3-12H2,1-2H3. The first-order valence-corrected chi connectivity index (χ1v) is 8.28. The second kappa shape index (κ2) is 10.9. The maximum absolute atomic E-state index is 11.6. The van der Waals surface area contributed by atoms with E-state index in [4.69, 9.17) is 14.2 Å². The Labute approximate surface area is 137 Å². The lowest BCUT2D eigenvalue weighted by Crippen LogP contribution is -2.29. The van der Waals surface area contributed by atoms with E-state index in [0.717, 1.165) is 25.7 Å². The van der Waals surface area contributed by atoms with Crippen molar-refractivity contribution in [3.8, 4) is 0 Å². The topological polar surface area (TPSA) is 82.1 Å².